The molecule has 4 N–H and O–H groups in total. The summed E-state index contributed by atoms with van der Waals surface area (Å²) in [5.41, 5.74) is 3.07. The molecule has 0 bridgehead atoms. The van der Waals surface area contributed by atoms with Crippen molar-refractivity contribution in [2.45, 2.75) is 152 Å². The third-order valence-electron chi connectivity index (χ3n) is 12.6. The summed E-state index contributed by atoms with van der Waals surface area (Å²) >= 11 is 3.51. The first-order valence-electron chi connectivity index (χ1n) is 24.7. The predicted octanol–water partition coefficient (Wildman–Crippen LogP) is 14.5. The Morgan fingerprint density at radius 2 is 0.925 bits per heavy atom. The summed E-state index contributed by atoms with van der Waals surface area (Å²) in [5.74, 6) is 3.48. The highest BCUT2D eigenvalue weighted by molar-refractivity contribution is 9.26. The van der Waals surface area contributed by atoms with Crippen LogP contribution in [0.25, 0.3) is 21.5 Å². The van der Waals surface area contributed by atoms with Gasteiger partial charge in [-0.25, -0.2) is 0 Å². The topological polar surface area (TPSA) is 136 Å². The van der Waals surface area contributed by atoms with E-state index in [2.05, 4.69) is 148 Å². The largest absolute Gasteiger partial charge is 0.490 e. The van der Waals surface area contributed by atoms with Gasteiger partial charge in [-0.3, -0.25) is 9.13 Å². The molecule has 0 aromatic heterocycles. The van der Waals surface area contributed by atoms with Gasteiger partial charge in [0.1, 0.15) is 18.2 Å². The Bertz CT molecular complexity index is 2190. The number of benzene rings is 4. The van der Waals surface area contributed by atoms with Crippen molar-refractivity contribution < 1.29 is 37.4 Å². The zero-order valence-corrected chi connectivity index (χ0v) is 47.0. The molecule has 0 radical (unpaired) electrons. The SMILES string of the molecule is CC(C)(C)C1CCC(Oc2ccc3cc(CNCCP(=O)(O)O)ccc3c2)CC1.CCOP(=O)(CCNCc1ccc2cc(OC3CCC(C(C)(C)C)CC3)ccc2c1)OCC.C[Si](C)(C)Br. The van der Waals surface area contributed by atoms with Crippen LogP contribution in [0.3, 0.4) is 0 Å². The van der Waals surface area contributed by atoms with Crippen LogP contribution in [-0.4, -0.2) is 67.3 Å². The van der Waals surface area contributed by atoms with E-state index in [0.717, 1.165) is 65.4 Å². The van der Waals surface area contributed by atoms with Crippen LogP contribution in [0.15, 0.2) is 72.8 Å². The van der Waals surface area contributed by atoms with Gasteiger partial charge in [-0.15, -0.1) is 15.3 Å². The number of nitrogens with one attached hydrogen (secondary N) is 2. The van der Waals surface area contributed by atoms with Crippen molar-refractivity contribution in [1.29, 1.82) is 0 Å². The molecule has 10 nitrogen and oxygen atoms in total. The van der Waals surface area contributed by atoms with Crippen LogP contribution in [0.1, 0.15) is 118 Å². The van der Waals surface area contributed by atoms with E-state index in [-0.39, 0.29) is 6.16 Å². The first kappa shape index (κ1) is 57.5. The number of halogens is 1. The molecular weight excluding hydrogens is 963 g/mol. The molecule has 2 saturated carbocycles. The van der Waals surface area contributed by atoms with Gasteiger partial charge in [-0.05, 0) is 157 Å². The minimum atomic E-state index is -3.94. The summed E-state index contributed by atoms with van der Waals surface area (Å²) in [5, 5.41) is 11.1. The lowest BCUT2D eigenvalue weighted by molar-refractivity contribution is 0.0881. The van der Waals surface area contributed by atoms with Crippen molar-refractivity contribution in [3.63, 3.8) is 0 Å². The second-order valence-electron chi connectivity index (χ2n) is 21.6. The smallest absolute Gasteiger partial charge is 0.331 e. The molecule has 0 unspecified atom stereocenters. The lowest BCUT2D eigenvalue weighted by Gasteiger charge is -2.37. The first-order valence-corrected chi connectivity index (χ1v) is 34.0. The predicted molar refractivity (Wildman–Crippen MR) is 288 cm³/mol. The fourth-order valence-corrected chi connectivity index (χ4v) is 10.9. The van der Waals surface area contributed by atoms with Gasteiger partial charge in [0.25, 0.3) is 0 Å². The van der Waals surface area contributed by atoms with Crippen molar-refractivity contribution in [2.75, 3.05) is 38.6 Å². The molecule has 0 amide bonds. The summed E-state index contributed by atoms with van der Waals surface area (Å²) in [7, 11) is -6.92. The maximum absolute atomic E-state index is 12.5. The lowest BCUT2D eigenvalue weighted by Crippen LogP contribution is -2.30. The highest BCUT2D eigenvalue weighted by Crippen LogP contribution is 2.47. The van der Waals surface area contributed by atoms with Gasteiger partial charge < -0.3 is 38.9 Å². The minimum Gasteiger partial charge on any atom is -0.490 e. The van der Waals surface area contributed by atoms with Crippen LogP contribution in [0.4, 0.5) is 0 Å². The Labute approximate surface area is 413 Å². The van der Waals surface area contributed by atoms with Gasteiger partial charge in [0, 0.05) is 26.2 Å². The van der Waals surface area contributed by atoms with Crippen LogP contribution < -0.4 is 20.1 Å². The minimum absolute atomic E-state index is 0.140. The second kappa shape index (κ2) is 26.4. The van der Waals surface area contributed by atoms with Gasteiger partial charge >= 0.3 is 15.2 Å². The molecule has 0 spiro atoms. The van der Waals surface area contributed by atoms with E-state index in [9.17, 15) is 9.13 Å². The third kappa shape index (κ3) is 21.8. The Kier molecular flexibility index (Phi) is 22.6. The van der Waals surface area contributed by atoms with Crippen molar-refractivity contribution in [3.05, 3.63) is 83.9 Å². The quantitative estimate of drug-likeness (QED) is 0.0330. The molecule has 2 fully saturated rings. The van der Waals surface area contributed by atoms with Crippen LogP contribution in [0.2, 0.25) is 19.6 Å². The number of hydrogen-bond donors (Lipinski definition) is 4. The molecular formula is C53H85BrN2O8P2Si. The van der Waals surface area contributed by atoms with E-state index in [0.29, 0.717) is 68.6 Å². The van der Waals surface area contributed by atoms with E-state index >= 15 is 0 Å². The van der Waals surface area contributed by atoms with Crippen molar-refractivity contribution in [2.24, 2.45) is 22.7 Å². The summed E-state index contributed by atoms with van der Waals surface area (Å²) in [6, 6.07) is 25.4. The first-order chi connectivity index (χ1) is 31.3. The number of fused-ring (bicyclic) bond motifs is 2. The zero-order valence-electron chi connectivity index (χ0n) is 42.7. The zero-order chi connectivity index (χ0) is 49.5. The normalized spacial score (nSPS) is 19.6. The maximum Gasteiger partial charge on any atom is 0.331 e. The van der Waals surface area contributed by atoms with Crippen LogP contribution in [0, 0.1) is 22.7 Å². The van der Waals surface area contributed by atoms with E-state index in [1.165, 1.54) is 42.0 Å². The molecule has 4 aromatic carbocycles. The molecule has 2 aliphatic carbocycles. The average molecular weight is 1050 g/mol. The van der Waals surface area contributed by atoms with Crippen molar-refractivity contribution in [3.8, 4) is 11.5 Å². The van der Waals surface area contributed by atoms with Gasteiger partial charge in [0.2, 0.25) is 0 Å². The molecule has 376 valence electrons. The fraction of sp³-hybridized carbons (Fsp3) is 0.623. The molecule has 6 rings (SSSR count). The van der Waals surface area contributed by atoms with E-state index in [1.807, 2.05) is 26.0 Å². The lowest BCUT2D eigenvalue weighted by atomic mass is 9.72. The molecule has 0 atom stereocenters. The Morgan fingerprint density at radius 1 is 0.582 bits per heavy atom. The molecule has 0 heterocycles. The fourth-order valence-electron chi connectivity index (χ4n) is 8.86. The van der Waals surface area contributed by atoms with Crippen LogP contribution in [0.5, 0.6) is 11.5 Å². The summed E-state index contributed by atoms with van der Waals surface area (Å²) in [6.45, 7) is 26.6. The Hall–Kier alpha value is -2.08. The van der Waals surface area contributed by atoms with E-state index < -0.39 is 21.9 Å². The average Bonchev–Trinajstić information content (AvgIpc) is 3.23. The number of hydrogen-bond acceptors (Lipinski definition) is 8. The van der Waals surface area contributed by atoms with Crippen molar-refractivity contribution >= 4 is 58.7 Å². The van der Waals surface area contributed by atoms with Gasteiger partial charge in [0.15, 0.2) is 0 Å². The molecule has 0 aliphatic heterocycles. The molecule has 0 saturated heterocycles. The summed E-state index contributed by atoms with van der Waals surface area (Å²) in [6.07, 6.45) is 10.4. The summed E-state index contributed by atoms with van der Waals surface area (Å²) < 4.78 is 46.7. The van der Waals surface area contributed by atoms with E-state index in [4.69, 9.17) is 28.3 Å². The highest BCUT2D eigenvalue weighted by Gasteiger charge is 2.32. The Balaban J connectivity index is 0.000000267. The van der Waals surface area contributed by atoms with Crippen LogP contribution >= 0.6 is 30.5 Å². The number of ether oxygens (including phenoxy) is 2. The monoisotopic (exact) mass is 1050 g/mol. The van der Waals surface area contributed by atoms with Gasteiger partial charge in [0.05, 0.1) is 37.7 Å². The standard InChI is InChI=1S/C27H42NO4P.C23H34NO4P.C3H9BrSi/c1-6-30-33(29,31-7-2)17-16-28-20-21-8-9-23-19-26(13-10-22(23)18-21)32-25-14-11-24(12-15-25)27(3,4)5;1-23(2,3)20-7-10-21(11-8-20)28-22-9-6-18-14-17(4-5-19(18)15-22)16-24-12-13-29(25,26)27;1-5(2,3)4/h8-10,13,18-19,24-25,28H,6-7,11-12,14-17,20H2,1-5H3;4-6,9,14-15,20-21,24H,7-8,10-13,16H2,1-3H3,(H2,25,26,27);1-3H3. The van der Waals surface area contributed by atoms with Gasteiger partial charge in [-0.2, -0.15) is 0 Å². The van der Waals surface area contributed by atoms with Crippen molar-refractivity contribution in [1.82, 2.24) is 10.6 Å². The maximum atomic E-state index is 12.5. The molecule has 67 heavy (non-hydrogen) atoms. The van der Waals surface area contributed by atoms with Crippen LogP contribution in [-0.2, 0) is 31.3 Å². The van der Waals surface area contributed by atoms with E-state index in [1.54, 1.807) is 0 Å². The summed E-state index contributed by atoms with van der Waals surface area (Å²) in [4.78, 5) is 17.8. The highest BCUT2D eigenvalue weighted by atomic mass is 79.9. The molecule has 14 heteroatoms. The third-order valence-corrected chi connectivity index (χ3v) is 15.5. The molecule has 2 aliphatic rings. The molecule has 4 aromatic rings. The Morgan fingerprint density at radius 3 is 1.27 bits per heavy atom. The van der Waals surface area contributed by atoms with Gasteiger partial charge in [-0.1, -0.05) is 97.6 Å². The second-order valence-corrected chi connectivity index (χ2v) is 36.8. The number of rotatable bonds is 18.